The lowest BCUT2D eigenvalue weighted by Gasteiger charge is -2.13. The fourth-order valence-corrected chi connectivity index (χ4v) is 4.28. The quantitative estimate of drug-likeness (QED) is 0.265. The molecule has 0 radical (unpaired) electrons. The Morgan fingerprint density at radius 3 is 2.46 bits per heavy atom. The van der Waals surface area contributed by atoms with Crippen molar-refractivity contribution in [3.8, 4) is 0 Å². The monoisotopic (exact) mass is 630 g/mol. The third kappa shape index (κ3) is 4.86. The van der Waals surface area contributed by atoms with Crippen molar-refractivity contribution in [2.75, 3.05) is 5.32 Å². The first-order valence-corrected chi connectivity index (χ1v) is 9.74. The van der Waals surface area contributed by atoms with Gasteiger partial charge >= 0.3 is 5.97 Å². The van der Waals surface area contributed by atoms with Gasteiger partial charge in [0.15, 0.2) is 5.11 Å². The molecule has 0 aromatic heterocycles. The minimum atomic E-state index is -1.08. The Hall–Kier alpha value is -0.790. The van der Waals surface area contributed by atoms with Gasteiger partial charge in [-0.2, -0.15) is 0 Å². The number of carbonyl (C=O) groups excluding carboxylic acids is 1. The molecule has 0 spiro atoms. The van der Waals surface area contributed by atoms with Gasteiger partial charge in [0, 0.05) is 11.6 Å². The number of halogens is 3. The number of aromatic carboxylic acids is 1. The predicted molar refractivity (Wildman–Crippen MR) is 117 cm³/mol. The van der Waals surface area contributed by atoms with Crippen LogP contribution in [0.15, 0.2) is 40.9 Å². The second-order valence-corrected chi connectivity index (χ2v) is 8.12. The molecular weight excluding hydrogens is 622 g/mol. The number of carbonyl (C=O) groups is 2. The van der Waals surface area contributed by atoms with Crippen LogP contribution in [0.5, 0.6) is 0 Å². The molecule has 0 fully saturated rings. The van der Waals surface area contributed by atoms with Gasteiger partial charge in [-0.25, -0.2) is 4.79 Å². The van der Waals surface area contributed by atoms with Crippen LogP contribution < -0.4 is 10.6 Å². The maximum absolute atomic E-state index is 12.4. The lowest BCUT2D eigenvalue weighted by molar-refractivity contribution is 0.0698. The number of carboxylic acid groups (broad SMARTS) is 1. The van der Waals surface area contributed by atoms with E-state index in [1.165, 1.54) is 6.07 Å². The zero-order valence-electron chi connectivity index (χ0n) is 11.8. The van der Waals surface area contributed by atoms with E-state index >= 15 is 0 Å². The summed E-state index contributed by atoms with van der Waals surface area (Å²) in [7, 11) is 0. The number of rotatable bonds is 3. The fraction of sp³-hybridized carbons (Fsp3) is 0. The molecule has 0 saturated carbocycles. The molecule has 124 valence electrons. The van der Waals surface area contributed by atoms with Gasteiger partial charge in [-0.1, -0.05) is 12.1 Å². The van der Waals surface area contributed by atoms with Crippen molar-refractivity contribution in [2.45, 2.75) is 0 Å². The lowest BCUT2D eigenvalue weighted by atomic mass is 10.2. The standard InChI is InChI=1S/C15H9BrI2N2O3S/c16-12-9(5-7(17)6-10(12)18)13(21)20-15(24)19-11-4-2-1-3-8(11)14(22)23/h1-6H,(H,22,23)(H2,19,20,21,24). The maximum atomic E-state index is 12.4. The molecule has 0 atom stereocenters. The van der Waals surface area contributed by atoms with Crippen molar-refractivity contribution in [1.29, 1.82) is 0 Å². The smallest absolute Gasteiger partial charge is 0.337 e. The van der Waals surface area contributed by atoms with Crippen molar-refractivity contribution in [3.05, 3.63) is 59.1 Å². The maximum Gasteiger partial charge on any atom is 0.337 e. The molecule has 3 N–H and O–H groups in total. The zero-order valence-corrected chi connectivity index (χ0v) is 18.5. The Labute approximate surface area is 179 Å². The first-order valence-electron chi connectivity index (χ1n) is 6.38. The number of carboxylic acids is 1. The number of para-hydroxylation sites is 1. The number of nitrogens with one attached hydrogen (secondary N) is 2. The zero-order chi connectivity index (χ0) is 17.9. The van der Waals surface area contributed by atoms with Crippen molar-refractivity contribution in [2.24, 2.45) is 0 Å². The van der Waals surface area contributed by atoms with E-state index < -0.39 is 5.97 Å². The first-order chi connectivity index (χ1) is 11.3. The second kappa shape index (κ2) is 8.54. The summed E-state index contributed by atoms with van der Waals surface area (Å²) < 4.78 is 2.50. The molecular formula is C15H9BrI2N2O3S. The number of hydrogen-bond acceptors (Lipinski definition) is 3. The SMILES string of the molecule is O=C(O)c1ccccc1NC(=S)NC(=O)c1cc(I)cc(I)c1Br. The molecule has 2 aromatic carbocycles. The summed E-state index contributed by atoms with van der Waals surface area (Å²) in [5.74, 6) is -1.47. The van der Waals surface area contributed by atoms with Crippen LogP contribution in [0.1, 0.15) is 20.7 Å². The summed E-state index contributed by atoms with van der Waals surface area (Å²) in [4.78, 5) is 23.6. The van der Waals surface area contributed by atoms with Gasteiger partial charge in [0.1, 0.15) is 0 Å². The van der Waals surface area contributed by atoms with Crippen molar-refractivity contribution < 1.29 is 14.7 Å². The third-order valence-corrected chi connectivity index (χ3v) is 6.14. The van der Waals surface area contributed by atoms with E-state index in [-0.39, 0.29) is 16.6 Å². The fourth-order valence-electron chi connectivity index (χ4n) is 1.82. The Bertz CT molecular complexity index is 845. The highest BCUT2D eigenvalue weighted by molar-refractivity contribution is 14.1. The van der Waals surface area contributed by atoms with Crippen LogP contribution in [0.25, 0.3) is 0 Å². The average Bonchev–Trinajstić information content (AvgIpc) is 2.50. The van der Waals surface area contributed by atoms with Crippen molar-refractivity contribution in [3.63, 3.8) is 0 Å². The van der Waals surface area contributed by atoms with E-state index in [9.17, 15) is 9.59 Å². The van der Waals surface area contributed by atoms with Crippen LogP contribution in [0.3, 0.4) is 0 Å². The van der Waals surface area contributed by atoms with Crippen LogP contribution in [-0.4, -0.2) is 22.1 Å². The summed E-state index contributed by atoms with van der Waals surface area (Å²) in [5, 5.41) is 14.5. The van der Waals surface area contributed by atoms with Gasteiger partial charge in [-0.05, 0) is 97.6 Å². The lowest BCUT2D eigenvalue weighted by Crippen LogP contribution is -2.34. The Balaban J connectivity index is 2.16. The average molecular weight is 631 g/mol. The number of thiocarbonyl (C=S) groups is 1. The van der Waals surface area contributed by atoms with E-state index in [1.54, 1.807) is 24.3 Å². The number of amides is 1. The molecule has 0 aliphatic carbocycles. The first kappa shape index (κ1) is 19.5. The van der Waals surface area contributed by atoms with E-state index in [1.807, 2.05) is 6.07 Å². The minimum Gasteiger partial charge on any atom is -0.478 e. The summed E-state index contributed by atoms with van der Waals surface area (Å²) in [6.07, 6.45) is 0. The van der Waals surface area contributed by atoms with Crippen molar-refractivity contribution in [1.82, 2.24) is 5.32 Å². The van der Waals surface area contributed by atoms with Crippen LogP contribution >= 0.6 is 73.3 Å². The highest BCUT2D eigenvalue weighted by Gasteiger charge is 2.16. The van der Waals surface area contributed by atoms with Gasteiger partial charge in [0.05, 0.1) is 16.8 Å². The van der Waals surface area contributed by atoms with Gasteiger partial charge in [-0.3, -0.25) is 10.1 Å². The molecule has 5 nitrogen and oxygen atoms in total. The highest BCUT2D eigenvalue weighted by Crippen LogP contribution is 2.26. The van der Waals surface area contributed by atoms with Crippen molar-refractivity contribution >= 4 is 96.0 Å². The van der Waals surface area contributed by atoms with Gasteiger partial charge < -0.3 is 10.4 Å². The molecule has 0 heterocycles. The van der Waals surface area contributed by atoms with Crippen LogP contribution in [0, 0.1) is 7.14 Å². The second-order valence-electron chi connectivity index (χ2n) is 4.51. The van der Waals surface area contributed by atoms with E-state index in [0.29, 0.717) is 15.7 Å². The van der Waals surface area contributed by atoms with Crippen LogP contribution in [0.4, 0.5) is 5.69 Å². The molecule has 0 unspecified atom stereocenters. The molecule has 24 heavy (non-hydrogen) atoms. The largest absolute Gasteiger partial charge is 0.478 e. The topological polar surface area (TPSA) is 78.4 Å². The summed E-state index contributed by atoms with van der Waals surface area (Å²) in [5.41, 5.74) is 0.827. The number of benzene rings is 2. The van der Waals surface area contributed by atoms with Gasteiger partial charge in [0.2, 0.25) is 0 Å². The molecule has 2 rings (SSSR count). The van der Waals surface area contributed by atoms with Gasteiger partial charge in [-0.15, -0.1) is 0 Å². The summed E-state index contributed by atoms with van der Waals surface area (Å²) in [6, 6.07) is 9.98. The van der Waals surface area contributed by atoms with E-state index in [4.69, 9.17) is 17.3 Å². The summed E-state index contributed by atoms with van der Waals surface area (Å²) in [6.45, 7) is 0. The minimum absolute atomic E-state index is 0.0227. The van der Waals surface area contributed by atoms with E-state index in [0.717, 1.165) is 7.14 Å². The molecule has 9 heteroatoms. The molecule has 0 aliphatic heterocycles. The summed E-state index contributed by atoms with van der Waals surface area (Å²) >= 11 is 12.8. The van der Waals surface area contributed by atoms with Crippen LogP contribution in [0.2, 0.25) is 0 Å². The van der Waals surface area contributed by atoms with E-state index in [2.05, 4.69) is 71.7 Å². The molecule has 0 bridgehead atoms. The third-order valence-electron chi connectivity index (χ3n) is 2.87. The molecule has 0 saturated heterocycles. The molecule has 1 amide bonds. The van der Waals surface area contributed by atoms with Gasteiger partial charge in [0.25, 0.3) is 5.91 Å². The Morgan fingerprint density at radius 2 is 1.79 bits per heavy atom. The van der Waals surface area contributed by atoms with Crippen LogP contribution in [-0.2, 0) is 0 Å². The number of hydrogen-bond donors (Lipinski definition) is 3. The molecule has 0 aliphatic rings. The highest BCUT2D eigenvalue weighted by atomic mass is 127. The number of anilines is 1. The normalized spacial score (nSPS) is 10.1. The Kier molecular flexibility index (Phi) is 6.95. The molecule has 2 aromatic rings. The Morgan fingerprint density at radius 1 is 1.12 bits per heavy atom. The predicted octanol–water partition coefficient (Wildman–Crippen LogP) is 4.48.